The quantitative estimate of drug-likeness (QED) is 0.637. The molecule has 1 heterocycles. The standard InChI is InChI=1S/C20H32N4O/c1-21-20(23-19-5-3-2-4-6-19)22-15-17-7-9-18(10-8-17)16-24-11-13-25-14-12-24/h7-10,19H,2-6,11-16H2,1H3,(H2,21,22,23). The van der Waals surface area contributed by atoms with Gasteiger partial charge in [0.2, 0.25) is 0 Å². The van der Waals surface area contributed by atoms with Crippen LogP contribution in [0.25, 0.3) is 0 Å². The fourth-order valence-electron chi connectivity index (χ4n) is 3.60. The van der Waals surface area contributed by atoms with E-state index in [9.17, 15) is 0 Å². The summed E-state index contributed by atoms with van der Waals surface area (Å²) in [5, 5.41) is 7.01. The van der Waals surface area contributed by atoms with Gasteiger partial charge in [-0.1, -0.05) is 43.5 Å². The molecule has 0 radical (unpaired) electrons. The summed E-state index contributed by atoms with van der Waals surface area (Å²) >= 11 is 0. The van der Waals surface area contributed by atoms with Gasteiger partial charge >= 0.3 is 0 Å². The average Bonchev–Trinajstić information content (AvgIpc) is 2.68. The molecule has 1 saturated heterocycles. The Morgan fingerprint density at radius 2 is 1.76 bits per heavy atom. The largest absolute Gasteiger partial charge is 0.379 e. The highest BCUT2D eigenvalue weighted by atomic mass is 16.5. The highest BCUT2D eigenvalue weighted by molar-refractivity contribution is 5.79. The smallest absolute Gasteiger partial charge is 0.191 e. The van der Waals surface area contributed by atoms with Gasteiger partial charge in [-0.3, -0.25) is 9.89 Å². The predicted molar refractivity (Wildman–Crippen MR) is 103 cm³/mol. The summed E-state index contributed by atoms with van der Waals surface area (Å²) in [5.74, 6) is 0.921. The number of nitrogens with zero attached hydrogens (tertiary/aromatic N) is 2. The summed E-state index contributed by atoms with van der Waals surface area (Å²) in [4.78, 5) is 6.82. The van der Waals surface area contributed by atoms with Gasteiger partial charge < -0.3 is 15.4 Å². The third-order valence-corrected chi connectivity index (χ3v) is 5.16. The van der Waals surface area contributed by atoms with Crippen molar-refractivity contribution in [1.82, 2.24) is 15.5 Å². The molecule has 0 amide bonds. The van der Waals surface area contributed by atoms with E-state index in [1.165, 1.54) is 43.2 Å². The molecule has 138 valence electrons. The molecule has 1 aliphatic heterocycles. The Labute approximate surface area is 151 Å². The molecule has 0 aromatic heterocycles. The summed E-state index contributed by atoms with van der Waals surface area (Å²) in [6.07, 6.45) is 6.56. The summed E-state index contributed by atoms with van der Waals surface area (Å²) < 4.78 is 5.41. The zero-order valence-electron chi connectivity index (χ0n) is 15.5. The molecule has 1 saturated carbocycles. The van der Waals surface area contributed by atoms with Gasteiger partial charge in [-0.25, -0.2) is 0 Å². The van der Waals surface area contributed by atoms with E-state index in [1.807, 2.05) is 7.05 Å². The van der Waals surface area contributed by atoms with Crippen molar-refractivity contribution in [2.75, 3.05) is 33.4 Å². The molecule has 1 aromatic rings. The molecule has 0 bridgehead atoms. The minimum Gasteiger partial charge on any atom is -0.379 e. The van der Waals surface area contributed by atoms with Crippen LogP contribution in [0.4, 0.5) is 0 Å². The molecule has 5 heteroatoms. The maximum absolute atomic E-state index is 5.41. The minimum absolute atomic E-state index is 0.579. The number of morpholine rings is 1. The monoisotopic (exact) mass is 344 g/mol. The number of benzene rings is 1. The fraction of sp³-hybridized carbons (Fsp3) is 0.650. The molecule has 3 rings (SSSR count). The van der Waals surface area contributed by atoms with Crippen LogP contribution in [0.15, 0.2) is 29.3 Å². The predicted octanol–water partition coefficient (Wildman–Crippen LogP) is 2.52. The van der Waals surface area contributed by atoms with Gasteiger partial charge in [-0.05, 0) is 24.0 Å². The van der Waals surface area contributed by atoms with Crippen LogP contribution >= 0.6 is 0 Å². The summed E-state index contributed by atoms with van der Waals surface area (Å²) in [7, 11) is 1.85. The van der Waals surface area contributed by atoms with E-state index in [4.69, 9.17) is 4.74 Å². The topological polar surface area (TPSA) is 48.9 Å². The zero-order valence-corrected chi connectivity index (χ0v) is 15.5. The van der Waals surface area contributed by atoms with E-state index < -0.39 is 0 Å². The molecule has 2 aliphatic rings. The van der Waals surface area contributed by atoms with Crippen LogP contribution in [0, 0.1) is 0 Å². The molecule has 0 unspecified atom stereocenters. The third kappa shape index (κ3) is 6.01. The summed E-state index contributed by atoms with van der Waals surface area (Å²) in [6, 6.07) is 9.50. The Kier molecular flexibility index (Phi) is 7.12. The molecular weight excluding hydrogens is 312 g/mol. The SMILES string of the molecule is CN=C(NCc1ccc(CN2CCOCC2)cc1)NC1CCCCC1. The number of guanidine groups is 1. The van der Waals surface area contributed by atoms with Crippen LogP contribution in [0.5, 0.6) is 0 Å². The molecule has 25 heavy (non-hydrogen) atoms. The van der Waals surface area contributed by atoms with Crippen LogP contribution in [0.1, 0.15) is 43.2 Å². The van der Waals surface area contributed by atoms with Crippen molar-refractivity contribution < 1.29 is 4.74 Å². The molecule has 2 N–H and O–H groups in total. The number of nitrogens with one attached hydrogen (secondary N) is 2. The van der Waals surface area contributed by atoms with E-state index in [-0.39, 0.29) is 0 Å². The molecule has 0 spiro atoms. The molecular formula is C20H32N4O. The van der Waals surface area contributed by atoms with E-state index in [1.54, 1.807) is 0 Å². The maximum Gasteiger partial charge on any atom is 0.191 e. The number of hydrogen-bond donors (Lipinski definition) is 2. The van der Waals surface area contributed by atoms with E-state index in [2.05, 4.69) is 44.8 Å². The first kappa shape index (κ1) is 18.2. The van der Waals surface area contributed by atoms with Gasteiger partial charge in [0.1, 0.15) is 0 Å². The Hall–Kier alpha value is -1.59. The van der Waals surface area contributed by atoms with Crippen molar-refractivity contribution >= 4 is 5.96 Å². The highest BCUT2D eigenvalue weighted by Crippen LogP contribution is 2.17. The van der Waals surface area contributed by atoms with Crippen molar-refractivity contribution in [2.24, 2.45) is 4.99 Å². The number of rotatable bonds is 5. The molecule has 0 atom stereocenters. The first-order chi connectivity index (χ1) is 12.3. The number of ether oxygens (including phenoxy) is 1. The molecule has 1 aromatic carbocycles. The van der Waals surface area contributed by atoms with Crippen molar-refractivity contribution in [2.45, 2.75) is 51.2 Å². The zero-order chi connectivity index (χ0) is 17.3. The van der Waals surface area contributed by atoms with E-state index >= 15 is 0 Å². The van der Waals surface area contributed by atoms with Crippen molar-refractivity contribution in [3.63, 3.8) is 0 Å². The normalized spacial score (nSPS) is 20.4. The van der Waals surface area contributed by atoms with Crippen molar-refractivity contribution in [3.05, 3.63) is 35.4 Å². The van der Waals surface area contributed by atoms with E-state index in [0.717, 1.165) is 45.4 Å². The van der Waals surface area contributed by atoms with Crippen molar-refractivity contribution in [3.8, 4) is 0 Å². The number of hydrogen-bond acceptors (Lipinski definition) is 3. The lowest BCUT2D eigenvalue weighted by atomic mass is 9.96. The lowest BCUT2D eigenvalue weighted by Crippen LogP contribution is -2.43. The van der Waals surface area contributed by atoms with Crippen LogP contribution in [0.2, 0.25) is 0 Å². The van der Waals surface area contributed by atoms with Gasteiger partial charge in [-0.2, -0.15) is 0 Å². The van der Waals surface area contributed by atoms with Crippen molar-refractivity contribution in [1.29, 1.82) is 0 Å². The van der Waals surface area contributed by atoms with Crippen LogP contribution < -0.4 is 10.6 Å². The Balaban J connectivity index is 1.43. The second-order valence-electron chi connectivity index (χ2n) is 7.11. The summed E-state index contributed by atoms with van der Waals surface area (Å²) in [6.45, 7) is 5.61. The van der Waals surface area contributed by atoms with Gasteiger partial charge in [0.05, 0.1) is 13.2 Å². The lowest BCUT2D eigenvalue weighted by Gasteiger charge is -2.26. The van der Waals surface area contributed by atoms with Crippen LogP contribution in [-0.4, -0.2) is 50.3 Å². The first-order valence-corrected chi connectivity index (χ1v) is 9.68. The third-order valence-electron chi connectivity index (χ3n) is 5.16. The van der Waals surface area contributed by atoms with Crippen LogP contribution in [0.3, 0.4) is 0 Å². The lowest BCUT2D eigenvalue weighted by molar-refractivity contribution is 0.0342. The Bertz CT molecular complexity index is 531. The maximum atomic E-state index is 5.41. The first-order valence-electron chi connectivity index (χ1n) is 9.68. The Morgan fingerprint density at radius 3 is 2.44 bits per heavy atom. The number of aliphatic imine (C=N–C) groups is 1. The second kappa shape index (κ2) is 9.78. The summed E-state index contributed by atoms with van der Waals surface area (Å²) in [5.41, 5.74) is 2.66. The molecule has 2 fully saturated rings. The van der Waals surface area contributed by atoms with Gasteiger partial charge in [-0.15, -0.1) is 0 Å². The minimum atomic E-state index is 0.579. The van der Waals surface area contributed by atoms with Gasteiger partial charge in [0, 0.05) is 39.3 Å². The average molecular weight is 345 g/mol. The molecule has 1 aliphatic carbocycles. The Morgan fingerprint density at radius 1 is 1.08 bits per heavy atom. The van der Waals surface area contributed by atoms with Gasteiger partial charge in [0.25, 0.3) is 0 Å². The molecule has 5 nitrogen and oxygen atoms in total. The fourth-order valence-corrected chi connectivity index (χ4v) is 3.60. The second-order valence-corrected chi connectivity index (χ2v) is 7.11. The van der Waals surface area contributed by atoms with Gasteiger partial charge in [0.15, 0.2) is 5.96 Å². The van der Waals surface area contributed by atoms with Crippen LogP contribution in [-0.2, 0) is 17.8 Å². The van der Waals surface area contributed by atoms with E-state index in [0.29, 0.717) is 6.04 Å². The highest BCUT2D eigenvalue weighted by Gasteiger charge is 2.14.